The Bertz CT molecular complexity index is 698. The zero-order valence-corrected chi connectivity index (χ0v) is 16.6. The van der Waals surface area contributed by atoms with E-state index < -0.39 is 0 Å². The summed E-state index contributed by atoms with van der Waals surface area (Å²) in [4.78, 5) is 28.1. The van der Waals surface area contributed by atoms with Gasteiger partial charge in [-0.15, -0.1) is 11.3 Å². The highest BCUT2D eigenvalue weighted by molar-refractivity contribution is 7.10. The van der Waals surface area contributed by atoms with E-state index in [-0.39, 0.29) is 30.2 Å². The van der Waals surface area contributed by atoms with Crippen LogP contribution in [0.5, 0.6) is 0 Å². The average molecular weight is 392 g/mol. The number of rotatable bonds is 7. The van der Waals surface area contributed by atoms with Crippen LogP contribution in [-0.2, 0) is 16.1 Å². The molecule has 1 aromatic heterocycles. The van der Waals surface area contributed by atoms with Gasteiger partial charge in [0.2, 0.25) is 11.8 Å². The van der Waals surface area contributed by atoms with Gasteiger partial charge in [-0.1, -0.05) is 25.7 Å². The molecule has 0 bridgehead atoms. The van der Waals surface area contributed by atoms with Gasteiger partial charge in [-0.2, -0.15) is 0 Å². The molecule has 7 nitrogen and oxygen atoms in total. The number of likely N-dealkylation sites (tertiary alicyclic amines) is 1. The molecule has 2 aliphatic rings. The average Bonchev–Trinajstić information content (AvgIpc) is 3.39. The maximum Gasteiger partial charge on any atom is 0.243 e. The predicted molar refractivity (Wildman–Crippen MR) is 107 cm³/mol. The van der Waals surface area contributed by atoms with E-state index in [0.717, 1.165) is 11.3 Å². The van der Waals surface area contributed by atoms with Gasteiger partial charge in [0.15, 0.2) is 0 Å². The minimum absolute atomic E-state index is 0.00636. The second kappa shape index (κ2) is 8.84. The molecule has 1 aliphatic heterocycles. The first-order valence-electron chi connectivity index (χ1n) is 9.63. The first-order chi connectivity index (χ1) is 13.0. The van der Waals surface area contributed by atoms with Crippen LogP contribution in [0.15, 0.2) is 11.4 Å². The van der Waals surface area contributed by atoms with E-state index in [0.29, 0.717) is 30.5 Å². The van der Waals surface area contributed by atoms with Gasteiger partial charge in [0.05, 0.1) is 13.1 Å². The van der Waals surface area contributed by atoms with Gasteiger partial charge < -0.3 is 21.3 Å². The molecule has 1 saturated carbocycles. The van der Waals surface area contributed by atoms with Crippen LogP contribution < -0.4 is 16.4 Å². The molecule has 5 N–H and O–H groups in total. The fourth-order valence-corrected chi connectivity index (χ4v) is 5.15. The second-order valence-electron chi connectivity index (χ2n) is 7.57. The number of likely N-dealkylation sites (N-methyl/N-ethyl adjacent to an activating group) is 1. The Morgan fingerprint density at radius 3 is 2.70 bits per heavy atom. The van der Waals surface area contributed by atoms with Gasteiger partial charge in [-0.25, -0.2) is 0 Å². The Kier molecular flexibility index (Phi) is 6.49. The number of nitrogen functional groups attached to an aromatic ring is 1. The number of nitrogens with zero attached hydrogens (tertiary/aromatic N) is 1. The number of carbonyl (C=O) groups is 2. The molecule has 0 radical (unpaired) electrons. The molecule has 148 valence electrons. The summed E-state index contributed by atoms with van der Waals surface area (Å²) in [5, 5.41) is 15.2. The molecule has 1 saturated heterocycles. The Morgan fingerprint density at radius 2 is 2.07 bits per heavy atom. The Hall–Kier alpha value is -1.93. The highest BCUT2D eigenvalue weighted by atomic mass is 32.1. The summed E-state index contributed by atoms with van der Waals surface area (Å²) in [6.07, 6.45) is 5.72. The number of hydrogen-bond donors (Lipinski definition) is 4. The van der Waals surface area contributed by atoms with Crippen molar-refractivity contribution < 1.29 is 9.59 Å². The van der Waals surface area contributed by atoms with Crippen molar-refractivity contribution in [3.8, 4) is 0 Å². The summed E-state index contributed by atoms with van der Waals surface area (Å²) in [5.74, 6) is 1.01. The number of amidine groups is 1. The van der Waals surface area contributed by atoms with Crippen molar-refractivity contribution >= 4 is 29.0 Å². The molecule has 1 aliphatic carbocycles. The van der Waals surface area contributed by atoms with Gasteiger partial charge in [0.25, 0.3) is 0 Å². The van der Waals surface area contributed by atoms with E-state index >= 15 is 0 Å². The SMILES string of the molecule is CNCC(=O)N1CC(C2CCCC2)CC1C(=O)NCc1cc(C(=N)N)cs1. The number of carbonyl (C=O) groups excluding carboxylic acids is 2. The molecule has 2 unspecified atom stereocenters. The fourth-order valence-electron chi connectivity index (χ4n) is 4.32. The third-order valence-corrected chi connectivity index (χ3v) is 6.69. The largest absolute Gasteiger partial charge is 0.384 e. The minimum Gasteiger partial charge on any atom is -0.384 e. The first-order valence-corrected chi connectivity index (χ1v) is 10.5. The molecule has 0 spiro atoms. The van der Waals surface area contributed by atoms with Crippen LogP contribution in [0.3, 0.4) is 0 Å². The van der Waals surface area contributed by atoms with Crippen LogP contribution in [-0.4, -0.2) is 48.7 Å². The zero-order chi connectivity index (χ0) is 19.4. The van der Waals surface area contributed by atoms with E-state index in [2.05, 4.69) is 10.6 Å². The molecule has 2 fully saturated rings. The predicted octanol–water partition coefficient (Wildman–Crippen LogP) is 1.28. The van der Waals surface area contributed by atoms with Crippen molar-refractivity contribution in [1.82, 2.24) is 15.5 Å². The van der Waals surface area contributed by atoms with Crippen LogP contribution in [0.4, 0.5) is 0 Å². The summed E-state index contributed by atoms with van der Waals surface area (Å²) in [6, 6.07) is 1.44. The monoisotopic (exact) mass is 391 g/mol. The number of hydrogen-bond acceptors (Lipinski definition) is 5. The van der Waals surface area contributed by atoms with Gasteiger partial charge in [0, 0.05) is 22.4 Å². The van der Waals surface area contributed by atoms with Crippen molar-refractivity contribution in [3.63, 3.8) is 0 Å². The lowest BCUT2D eigenvalue weighted by molar-refractivity contribution is -0.137. The van der Waals surface area contributed by atoms with Crippen LogP contribution in [0.25, 0.3) is 0 Å². The molecule has 2 amide bonds. The van der Waals surface area contributed by atoms with E-state index in [1.54, 1.807) is 11.9 Å². The van der Waals surface area contributed by atoms with Crippen molar-refractivity contribution in [2.24, 2.45) is 17.6 Å². The van der Waals surface area contributed by atoms with Gasteiger partial charge in [-0.3, -0.25) is 15.0 Å². The van der Waals surface area contributed by atoms with Gasteiger partial charge in [-0.05, 0) is 31.4 Å². The second-order valence-corrected chi connectivity index (χ2v) is 8.56. The van der Waals surface area contributed by atoms with Crippen molar-refractivity contribution in [2.45, 2.75) is 44.7 Å². The van der Waals surface area contributed by atoms with E-state index in [4.69, 9.17) is 11.1 Å². The summed E-state index contributed by atoms with van der Waals surface area (Å²) in [5.41, 5.74) is 6.17. The molecule has 8 heteroatoms. The van der Waals surface area contributed by atoms with Crippen LogP contribution in [0, 0.1) is 17.2 Å². The highest BCUT2D eigenvalue weighted by Crippen LogP contribution is 2.38. The minimum atomic E-state index is -0.385. The number of nitrogens with one attached hydrogen (secondary N) is 3. The molecule has 2 heterocycles. The molecule has 3 rings (SSSR count). The Balaban J connectivity index is 1.63. The van der Waals surface area contributed by atoms with E-state index in [1.807, 2.05) is 11.4 Å². The van der Waals surface area contributed by atoms with E-state index in [1.165, 1.54) is 37.0 Å². The van der Waals surface area contributed by atoms with Gasteiger partial charge >= 0.3 is 0 Å². The lowest BCUT2D eigenvalue weighted by atomic mass is 9.89. The fraction of sp³-hybridized carbons (Fsp3) is 0.632. The third kappa shape index (κ3) is 4.68. The lowest BCUT2D eigenvalue weighted by Crippen LogP contribution is -2.48. The van der Waals surface area contributed by atoms with Crippen molar-refractivity contribution in [1.29, 1.82) is 5.41 Å². The topological polar surface area (TPSA) is 111 Å². The maximum absolute atomic E-state index is 12.9. The smallest absolute Gasteiger partial charge is 0.243 e. The van der Waals surface area contributed by atoms with Crippen molar-refractivity contribution in [2.75, 3.05) is 20.1 Å². The summed E-state index contributed by atoms with van der Waals surface area (Å²) < 4.78 is 0. The molecule has 27 heavy (non-hydrogen) atoms. The Labute approximate surface area is 164 Å². The van der Waals surface area contributed by atoms with Crippen LogP contribution >= 0.6 is 11.3 Å². The summed E-state index contributed by atoms with van der Waals surface area (Å²) in [6.45, 7) is 1.35. The quantitative estimate of drug-likeness (QED) is 0.414. The van der Waals surface area contributed by atoms with Crippen LogP contribution in [0.2, 0.25) is 0 Å². The molecule has 1 aromatic rings. The lowest BCUT2D eigenvalue weighted by Gasteiger charge is -2.24. The summed E-state index contributed by atoms with van der Waals surface area (Å²) in [7, 11) is 1.75. The number of thiophene rings is 1. The maximum atomic E-state index is 12.9. The number of nitrogens with two attached hydrogens (primary N) is 1. The number of amides is 2. The standard InChI is InChI=1S/C19H29N5O2S/c1-22-9-17(25)24-10-13(12-4-2-3-5-12)7-16(24)19(26)23-8-15-6-14(11-27-15)18(20)21/h6,11-13,16,22H,2-5,7-10H2,1H3,(H3,20,21)(H,23,26). The first kappa shape index (κ1) is 19.8. The normalized spacial score (nSPS) is 22.9. The molecule has 0 aromatic carbocycles. The Morgan fingerprint density at radius 1 is 1.33 bits per heavy atom. The zero-order valence-electron chi connectivity index (χ0n) is 15.8. The van der Waals surface area contributed by atoms with Gasteiger partial charge in [0.1, 0.15) is 11.9 Å². The molecule has 2 atom stereocenters. The summed E-state index contributed by atoms with van der Waals surface area (Å²) >= 11 is 1.47. The van der Waals surface area contributed by atoms with E-state index in [9.17, 15) is 9.59 Å². The molecular weight excluding hydrogens is 362 g/mol. The highest BCUT2D eigenvalue weighted by Gasteiger charge is 2.42. The molecular formula is C19H29N5O2S. The van der Waals surface area contributed by atoms with Crippen LogP contribution in [0.1, 0.15) is 42.5 Å². The van der Waals surface area contributed by atoms with Crippen molar-refractivity contribution in [3.05, 3.63) is 21.9 Å². The third-order valence-electron chi connectivity index (χ3n) is 5.75.